The first-order valence-electron chi connectivity index (χ1n) is 9.38. The fourth-order valence-electron chi connectivity index (χ4n) is 3.59. The molecule has 0 unspecified atom stereocenters. The highest BCUT2D eigenvalue weighted by atomic mass is 32.1. The van der Waals surface area contributed by atoms with E-state index >= 15 is 0 Å². The van der Waals surface area contributed by atoms with Crippen molar-refractivity contribution in [3.8, 4) is 5.75 Å². The predicted molar refractivity (Wildman–Crippen MR) is 106 cm³/mol. The third kappa shape index (κ3) is 3.80. The molecule has 0 bridgehead atoms. The second-order valence-corrected chi connectivity index (χ2v) is 8.36. The number of benzene rings is 1. The first-order valence-corrected chi connectivity index (χ1v) is 10.2. The van der Waals surface area contributed by atoms with Gasteiger partial charge in [-0.15, -0.1) is 10.2 Å². The molecular formula is C19H21N5O4S. The molecule has 29 heavy (non-hydrogen) atoms. The molecule has 1 aromatic carbocycles. The molecule has 10 heteroatoms. The Morgan fingerprint density at radius 3 is 2.86 bits per heavy atom. The smallest absolute Gasteiger partial charge is 0.258 e. The maximum absolute atomic E-state index is 12.7. The molecule has 1 spiro atoms. The van der Waals surface area contributed by atoms with Crippen LogP contribution in [0.15, 0.2) is 24.3 Å². The van der Waals surface area contributed by atoms with Gasteiger partial charge < -0.3 is 15.0 Å². The highest BCUT2D eigenvalue weighted by Gasteiger charge is 2.43. The molecule has 4 rings (SSSR count). The van der Waals surface area contributed by atoms with Gasteiger partial charge >= 0.3 is 0 Å². The molecule has 2 aliphatic heterocycles. The summed E-state index contributed by atoms with van der Waals surface area (Å²) in [5, 5.41) is 14.5. The number of carbonyl (C=O) groups is 3. The average Bonchev–Trinajstić information content (AvgIpc) is 3.04. The van der Waals surface area contributed by atoms with Gasteiger partial charge in [-0.3, -0.25) is 19.7 Å². The average molecular weight is 415 g/mol. The second-order valence-electron chi connectivity index (χ2n) is 7.18. The summed E-state index contributed by atoms with van der Waals surface area (Å²) in [6, 6.07) is 6.35. The number of likely N-dealkylation sites (tertiary alicyclic amines) is 1. The Hall–Kier alpha value is -3.01. The minimum absolute atomic E-state index is 0.158. The standard InChI is InChI=1S/C19H21N5O4S/c1-11(16(26)20-18-23-22-12(2)29-18)24-10-9-19(8-7-15(24)25)21-17(27)13-5-3-4-6-14(13)28-19/h3-6,11H,7-10H2,1-2H3,(H,21,27)(H,20,23,26)/t11-,19-/m1/s1. The zero-order valence-electron chi connectivity index (χ0n) is 16.1. The molecule has 1 aromatic heterocycles. The van der Waals surface area contributed by atoms with Gasteiger partial charge in [0.15, 0.2) is 5.72 Å². The van der Waals surface area contributed by atoms with Gasteiger partial charge in [0, 0.05) is 25.8 Å². The lowest BCUT2D eigenvalue weighted by atomic mass is 10.0. The predicted octanol–water partition coefficient (Wildman–Crippen LogP) is 1.70. The Morgan fingerprint density at radius 2 is 2.10 bits per heavy atom. The van der Waals surface area contributed by atoms with E-state index in [1.807, 2.05) is 0 Å². The van der Waals surface area contributed by atoms with Gasteiger partial charge in [-0.25, -0.2) is 0 Å². The summed E-state index contributed by atoms with van der Waals surface area (Å²) in [5.74, 6) is -0.196. The van der Waals surface area contributed by atoms with Crippen LogP contribution in [0.1, 0.15) is 41.6 Å². The largest absolute Gasteiger partial charge is 0.467 e. The summed E-state index contributed by atoms with van der Waals surface area (Å²) in [6.45, 7) is 3.75. The van der Waals surface area contributed by atoms with Crippen LogP contribution in [0.5, 0.6) is 5.75 Å². The van der Waals surface area contributed by atoms with E-state index < -0.39 is 11.8 Å². The van der Waals surface area contributed by atoms with Gasteiger partial charge in [0.1, 0.15) is 16.8 Å². The normalized spacial score (nSPS) is 22.3. The number of rotatable bonds is 3. The van der Waals surface area contributed by atoms with E-state index in [-0.39, 0.29) is 30.7 Å². The van der Waals surface area contributed by atoms with Gasteiger partial charge in [-0.2, -0.15) is 0 Å². The first-order chi connectivity index (χ1) is 13.9. The molecule has 2 aromatic rings. The summed E-state index contributed by atoms with van der Waals surface area (Å²) in [6.07, 6.45) is 0.888. The van der Waals surface area contributed by atoms with Crippen LogP contribution in [-0.2, 0) is 9.59 Å². The molecule has 3 amide bonds. The number of carbonyl (C=O) groups excluding carboxylic acids is 3. The van der Waals surface area contributed by atoms with Crippen molar-refractivity contribution in [3.63, 3.8) is 0 Å². The topological polar surface area (TPSA) is 114 Å². The molecular weight excluding hydrogens is 394 g/mol. The van der Waals surface area contributed by atoms with Crippen molar-refractivity contribution in [1.29, 1.82) is 0 Å². The molecule has 1 saturated heterocycles. The zero-order valence-corrected chi connectivity index (χ0v) is 16.9. The second kappa shape index (κ2) is 7.43. The van der Waals surface area contributed by atoms with E-state index in [2.05, 4.69) is 20.8 Å². The van der Waals surface area contributed by atoms with Crippen molar-refractivity contribution in [2.75, 3.05) is 11.9 Å². The molecule has 2 N–H and O–H groups in total. The molecule has 2 aliphatic rings. The Labute approximate surface area is 171 Å². The maximum atomic E-state index is 12.7. The lowest BCUT2D eigenvalue weighted by Crippen LogP contribution is -2.56. The van der Waals surface area contributed by atoms with Crippen molar-refractivity contribution in [2.45, 2.75) is 44.9 Å². The Balaban J connectivity index is 1.48. The van der Waals surface area contributed by atoms with Crippen LogP contribution in [0, 0.1) is 6.92 Å². The first kappa shape index (κ1) is 19.3. The van der Waals surface area contributed by atoms with Crippen LogP contribution in [0.4, 0.5) is 5.13 Å². The third-order valence-electron chi connectivity index (χ3n) is 5.20. The number of aryl methyl sites for hydroxylation is 1. The van der Waals surface area contributed by atoms with Crippen LogP contribution in [-0.4, -0.2) is 51.1 Å². The summed E-state index contributed by atoms with van der Waals surface area (Å²) >= 11 is 1.27. The number of hydrogen-bond donors (Lipinski definition) is 2. The lowest BCUT2D eigenvalue weighted by Gasteiger charge is -2.38. The number of nitrogens with zero attached hydrogens (tertiary/aromatic N) is 3. The summed E-state index contributed by atoms with van der Waals surface area (Å²) < 4.78 is 6.12. The van der Waals surface area contributed by atoms with Crippen LogP contribution in [0.25, 0.3) is 0 Å². The maximum Gasteiger partial charge on any atom is 0.258 e. The van der Waals surface area contributed by atoms with E-state index in [1.165, 1.54) is 16.2 Å². The van der Waals surface area contributed by atoms with E-state index in [4.69, 9.17) is 4.74 Å². The van der Waals surface area contributed by atoms with Crippen LogP contribution in [0.2, 0.25) is 0 Å². The molecule has 2 atom stereocenters. The van der Waals surface area contributed by atoms with Crippen LogP contribution >= 0.6 is 11.3 Å². The highest BCUT2D eigenvalue weighted by molar-refractivity contribution is 7.15. The van der Waals surface area contributed by atoms with Crippen molar-refractivity contribution in [2.24, 2.45) is 0 Å². The number of ether oxygens (including phenoxy) is 1. The molecule has 0 radical (unpaired) electrons. The van der Waals surface area contributed by atoms with E-state index in [0.717, 1.165) is 5.01 Å². The Morgan fingerprint density at radius 1 is 1.31 bits per heavy atom. The van der Waals surface area contributed by atoms with E-state index in [0.29, 0.717) is 29.3 Å². The van der Waals surface area contributed by atoms with Crippen molar-refractivity contribution in [1.82, 2.24) is 20.4 Å². The minimum Gasteiger partial charge on any atom is -0.467 e. The van der Waals surface area contributed by atoms with Gasteiger partial charge in [0.25, 0.3) is 5.91 Å². The molecule has 0 aliphatic carbocycles. The Bertz CT molecular complexity index is 977. The number of hydrogen-bond acceptors (Lipinski definition) is 7. The highest BCUT2D eigenvalue weighted by Crippen LogP contribution is 2.34. The number of anilines is 1. The lowest BCUT2D eigenvalue weighted by molar-refractivity contribution is -0.137. The molecule has 3 heterocycles. The zero-order chi connectivity index (χ0) is 20.6. The summed E-state index contributed by atoms with van der Waals surface area (Å²) in [5.41, 5.74) is -0.479. The van der Waals surface area contributed by atoms with E-state index in [1.54, 1.807) is 38.1 Å². The van der Waals surface area contributed by atoms with Crippen LogP contribution in [0.3, 0.4) is 0 Å². The third-order valence-corrected chi connectivity index (χ3v) is 5.96. The molecule has 9 nitrogen and oxygen atoms in total. The Kier molecular flexibility index (Phi) is 4.95. The SMILES string of the molecule is Cc1nnc(NC(=O)[C@@H](C)N2CC[C@]3(CCC2=O)NC(=O)c2ccccc2O3)s1. The van der Waals surface area contributed by atoms with Crippen LogP contribution < -0.4 is 15.4 Å². The molecule has 152 valence electrons. The molecule has 1 fully saturated rings. The number of para-hydroxylation sites is 1. The summed E-state index contributed by atoms with van der Waals surface area (Å²) in [4.78, 5) is 39.4. The number of amides is 3. The van der Waals surface area contributed by atoms with Crippen molar-refractivity contribution >= 4 is 34.2 Å². The monoisotopic (exact) mass is 415 g/mol. The minimum atomic E-state index is -0.956. The van der Waals surface area contributed by atoms with Gasteiger partial charge in [0.05, 0.1) is 5.56 Å². The number of aromatic nitrogens is 2. The van der Waals surface area contributed by atoms with E-state index in [9.17, 15) is 14.4 Å². The summed E-state index contributed by atoms with van der Waals surface area (Å²) in [7, 11) is 0. The van der Waals surface area contributed by atoms with Crippen molar-refractivity contribution in [3.05, 3.63) is 34.8 Å². The van der Waals surface area contributed by atoms with Gasteiger partial charge in [-0.1, -0.05) is 23.5 Å². The van der Waals surface area contributed by atoms with Gasteiger partial charge in [0.2, 0.25) is 16.9 Å². The van der Waals surface area contributed by atoms with Crippen molar-refractivity contribution < 1.29 is 19.1 Å². The fraction of sp³-hybridized carbons (Fsp3) is 0.421. The number of fused-ring (bicyclic) bond motifs is 1. The fourth-order valence-corrected chi connectivity index (χ4v) is 4.19. The quantitative estimate of drug-likeness (QED) is 0.789. The van der Waals surface area contributed by atoms with Gasteiger partial charge in [-0.05, 0) is 26.0 Å². The molecule has 0 saturated carbocycles. The number of nitrogens with one attached hydrogen (secondary N) is 2.